The van der Waals surface area contributed by atoms with Gasteiger partial charge in [0, 0.05) is 17.5 Å². The van der Waals surface area contributed by atoms with Gasteiger partial charge in [0.05, 0.1) is 11.6 Å². The van der Waals surface area contributed by atoms with Crippen LogP contribution in [0.3, 0.4) is 0 Å². The molecule has 0 aromatic heterocycles. The average Bonchev–Trinajstić information content (AvgIpc) is 2.95. The average molecular weight is 514 g/mol. The third kappa shape index (κ3) is 4.93. The maximum atomic E-state index is 13.5. The number of benzene rings is 3. The second-order valence-corrected chi connectivity index (χ2v) is 8.61. The van der Waals surface area contributed by atoms with E-state index in [1.807, 2.05) is 24.3 Å². The molecule has 1 aliphatic heterocycles. The summed E-state index contributed by atoms with van der Waals surface area (Å²) in [4.78, 5) is 38.9. The van der Waals surface area contributed by atoms with E-state index in [-0.39, 0.29) is 11.4 Å². The van der Waals surface area contributed by atoms with Crippen molar-refractivity contribution in [2.45, 2.75) is 25.0 Å². The number of hydrogen-bond donors (Lipinski definition) is 3. The lowest BCUT2D eigenvalue weighted by Crippen LogP contribution is -2.55. The molecule has 1 aliphatic rings. The van der Waals surface area contributed by atoms with Crippen LogP contribution >= 0.6 is 11.6 Å². The molecule has 3 aromatic rings. The highest BCUT2D eigenvalue weighted by molar-refractivity contribution is 6.21. The van der Waals surface area contributed by atoms with Crippen molar-refractivity contribution in [2.24, 2.45) is 0 Å². The summed E-state index contributed by atoms with van der Waals surface area (Å²) in [5.74, 6) is -4.97. The smallest absolute Gasteiger partial charge is 0.261 e. The van der Waals surface area contributed by atoms with Crippen LogP contribution in [0.2, 0.25) is 0 Å². The Morgan fingerprint density at radius 2 is 1.61 bits per heavy atom. The first-order chi connectivity index (χ1) is 17.2. The van der Waals surface area contributed by atoms with Gasteiger partial charge in [-0.2, -0.15) is 0 Å². The molecule has 3 atom stereocenters. The summed E-state index contributed by atoms with van der Waals surface area (Å²) in [7, 11) is 0. The summed E-state index contributed by atoms with van der Waals surface area (Å²) in [6.07, 6.45) is -1.92. The van der Waals surface area contributed by atoms with Crippen LogP contribution in [0.25, 0.3) is 11.1 Å². The standard InChI is InChI=1S/C26H22ClF2N3O4/c1-14(30-25(35)23(33)15-10-16(28)12-17(29)11-15)24(34)31-32-22-9-5-4-8-20(22)18-6-2-3-7-19(18)21(13-27)26(32)36/h2-12,14,21,23,33H,13H2,1H3,(H,30,35)(H,31,34)/t14-,21?,23?/m0/s1. The van der Waals surface area contributed by atoms with E-state index in [9.17, 15) is 28.3 Å². The van der Waals surface area contributed by atoms with Gasteiger partial charge in [-0.1, -0.05) is 42.5 Å². The number of rotatable bonds is 6. The van der Waals surface area contributed by atoms with Crippen molar-refractivity contribution in [1.82, 2.24) is 10.7 Å². The van der Waals surface area contributed by atoms with Crippen LogP contribution in [0.5, 0.6) is 0 Å². The topological polar surface area (TPSA) is 98.7 Å². The molecule has 186 valence electrons. The fourth-order valence-electron chi connectivity index (χ4n) is 4.06. The SMILES string of the molecule is C[C@H](NC(=O)C(O)c1cc(F)cc(F)c1)C(=O)NN1C(=O)C(CCl)c2ccccc2-c2ccccc21. The zero-order chi connectivity index (χ0) is 26.0. The summed E-state index contributed by atoms with van der Waals surface area (Å²) in [6, 6.07) is 15.3. The van der Waals surface area contributed by atoms with Gasteiger partial charge in [0.25, 0.3) is 17.7 Å². The number of fused-ring (bicyclic) bond motifs is 3. The van der Waals surface area contributed by atoms with Gasteiger partial charge in [0.1, 0.15) is 17.7 Å². The van der Waals surface area contributed by atoms with Gasteiger partial charge in [-0.3, -0.25) is 19.8 Å². The molecule has 3 amide bonds. The van der Waals surface area contributed by atoms with Gasteiger partial charge in [-0.25, -0.2) is 13.8 Å². The van der Waals surface area contributed by atoms with Gasteiger partial charge in [0.15, 0.2) is 6.10 Å². The van der Waals surface area contributed by atoms with Crippen molar-refractivity contribution < 1.29 is 28.3 Å². The molecule has 7 nitrogen and oxygen atoms in total. The van der Waals surface area contributed by atoms with Crippen LogP contribution in [-0.4, -0.2) is 34.7 Å². The zero-order valence-electron chi connectivity index (χ0n) is 19.0. The number of aliphatic hydroxyl groups is 1. The quantitative estimate of drug-likeness (QED) is 0.439. The number of hydrogen-bond acceptors (Lipinski definition) is 4. The molecule has 10 heteroatoms. The van der Waals surface area contributed by atoms with E-state index in [2.05, 4.69) is 10.7 Å². The number of hydrazine groups is 1. The van der Waals surface area contributed by atoms with E-state index in [0.29, 0.717) is 22.9 Å². The number of alkyl halides is 1. The van der Waals surface area contributed by atoms with Crippen molar-refractivity contribution in [2.75, 3.05) is 10.9 Å². The molecule has 4 rings (SSSR count). The van der Waals surface area contributed by atoms with Gasteiger partial charge in [-0.05, 0) is 41.8 Å². The van der Waals surface area contributed by atoms with Crippen molar-refractivity contribution in [3.8, 4) is 11.1 Å². The molecule has 3 aromatic carbocycles. The van der Waals surface area contributed by atoms with Crippen LogP contribution in [0, 0.1) is 11.6 Å². The third-order valence-corrected chi connectivity index (χ3v) is 6.18. The minimum atomic E-state index is -1.92. The van der Waals surface area contributed by atoms with Gasteiger partial charge < -0.3 is 10.4 Å². The lowest BCUT2D eigenvalue weighted by atomic mass is 9.92. The monoisotopic (exact) mass is 513 g/mol. The molecule has 1 heterocycles. The second kappa shape index (κ2) is 10.4. The van der Waals surface area contributed by atoms with E-state index < -0.39 is 47.4 Å². The first-order valence-electron chi connectivity index (χ1n) is 11.0. The van der Waals surface area contributed by atoms with Crippen LogP contribution in [-0.2, 0) is 14.4 Å². The van der Waals surface area contributed by atoms with E-state index >= 15 is 0 Å². The molecular weight excluding hydrogens is 492 g/mol. The van der Waals surface area contributed by atoms with Crippen molar-refractivity contribution in [1.29, 1.82) is 0 Å². The molecule has 0 saturated heterocycles. The minimum absolute atomic E-state index is 0.0289. The van der Waals surface area contributed by atoms with Crippen LogP contribution in [0.15, 0.2) is 66.7 Å². The number of amides is 3. The third-order valence-electron chi connectivity index (χ3n) is 5.87. The summed E-state index contributed by atoms with van der Waals surface area (Å²) in [5, 5.41) is 13.6. The Morgan fingerprint density at radius 3 is 2.28 bits per heavy atom. The molecule has 36 heavy (non-hydrogen) atoms. The van der Waals surface area contributed by atoms with Gasteiger partial charge in [-0.15, -0.1) is 11.6 Å². The van der Waals surface area contributed by atoms with Gasteiger partial charge in [0.2, 0.25) is 0 Å². The van der Waals surface area contributed by atoms with E-state index in [1.165, 1.54) is 6.92 Å². The second-order valence-electron chi connectivity index (χ2n) is 8.30. The first-order valence-corrected chi connectivity index (χ1v) is 11.6. The molecule has 0 fully saturated rings. The van der Waals surface area contributed by atoms with Crippen LogP contribution in [0.4, 0.5) is 14.5 Å². The number of carbonyl (C=O) groups is 3. The Kier molecular flexibility index (Phi) is 7.32. The normalized spacial score (nSPS) is 16.3. The Labute approximate surface area is 210 Å². The molecule has 0 aliphatic carbocycles. The van der Waals surface area contributed by atoms with E-state index in [0.717, 1.165) is 22.7 Å². The maximum absolute atomic E-state index is 13.5. The Bertz CT molecular complexity index is 1320. The molecular formula is C26H22ClF2N3O4. The molecule has 2 unspecified atom stereocenters. The molecule has 0 spiro atoms. The van der Waals surface area contributed by atoms with Crippen LogP contribution < -0.4 is 15.8 Å². The predicted octanol–water partition coefficient (Wildman–Crippen LogP) is 3.57. The highest BCUT2D eigenvalue weighted by Crippen LogP contribution is 2.40. The number of aliphatic hydroxyl groups excluding tert-OH is 1. The van der Waals surface area contributed by atoms with Crippen molar-refractivity contribution in [3.05, 3.63) is 89.5 Å². The summed E-state index contributed by atoms with van der Waals surface area (Å²) >= 11 is 6.17. The molecule has 3 N–H and O–H groups in total. The largest absolute Gasteiger partial charge is 0.378 e. The first kappa shape index (κ1) is 25.3. The molecule has 0 saturated carbocycles. The number of nitrogens with zero attached hydrogens (tertiary/aromatic N) is 1. The number of nitrogens with one attached hydrogen (secondary N) is 2. The Hall–Kier alpha value is -3.82. The maximum Gasteiger partial charge on any atom is 0.261 e. The number of halogens is 3. The molecule has 0 bridgehead atoms. The molecule has 0 radical (unpaired) electrons. The minimum Gasteiger partial charge on any atom is -0.378 e. The predicted molar refractivity (Wildman–Crippen MR) is 130 cm³/mol. The van der Waals surface area contributed by atoms with Crippen molar-refractivity contribution in [3.63, 3.8) is 0 Å². The Balaban J connectivity index is 1.56. The van der Waals surface area contributed by atoms with Crippen LogP contribution in [0.1, 0.15) is 30.1 Å². The number of para-hydroxylation sites is 1. The lowest BCUT2D eigenvalue weighted by Gasteiger charge is -2.27. The lowest BCUT2D eigenvalue weighted by molar-refractivity contribution is -0.134. The highest BCUT2D eigenvalue weighted by Gasteiger charge is 2.35. The fourth-order valence-corrected chi connectivity index (χ4v) is 4.36. The van der Waals surface area contributed by atoms with E-state index in [1.54, 1.807) is 24.3 Å². The summed E-state index contributed by atoms with van der Waals surface area (Å²) in [6.45, 7) is 1.34. The zero-order valence-corrected chi connectivity index (χ0v) is 19.8. The van der Waals surface area contributed by atoms with E-state index in [4.69, 9.17) is 11.6 Å². The number of carbonyl (C=O) groups excluding carboxylic acids is 3. The fraction of sp³-hybridized carbons (Fsp3) is 0.192. The number of anilines is 1. The highest BCUT2D eigenvalue weighted by atomic mass is 35.5. The van der Waals surface area contributed by atoms with Crippen molar-refractivity contribution >= 4 is 35.0 Å². The van der Waals surface area contributed by atoms with Gasteiger partial charge >= 0.3 is 0 Å². The summed E-state index contributed by atoms with van der Waals surface area (Å²) in [5.41, 5.74) is 4.87. The summed E-state index contributed by atoms with van der Waals surface area (Å²) < 4.78 is 26.9. The Morgan fingerprint density at radius 1 is 1.00 bits per heavy atom.